The zero-order valence-electron chi connectivity index (χ0n) is 10.9. The molecule has 0 spiro atoms. The van der Waals surface area contributed by atoms with Crippen molar-refractivity contribution in [1.82, 2.24) is 0 Å². The number of carbonyl (C=O) groups excluding carboxylic acids is 1. The van der Waals surface area contributed by atoms with Gasteiger partial charge in [-0.25, -0.2) is 0 Å². The summed E-state index contributed by atoms with van der Waals surface area (Å²) in [5, 5.41) is 6.70. The molecule has 0 aromatic heterocycles. The van der Waals surface area contributed by atoms with Crippen molar-refractivity contribution in [3.63, 3.8) is 0 Å². The molecule has 20 heavy (non-hydrogen) atoms. The molecule has 2 aromatic rings. The molecule has 2 aromatic carbocycles. The molecule has 3 nitrogen and oxygen atoms in total. The Bertz CT molecular complexity index is 628. The van der Waals surface area contributed by atoms with Crippen LogP contribution in [-0.4, -0.2) is 11.9 Å². The summed E-state index contributed by atoms with van der Waals surface area (Å²) in [6.45, 7) is 0. The molecule has 4 heteroatoms. The fourth-order valence-electron chi connectivity index (χ4n) is 2.39. The standard InChI is InChI=1S/C16H15ClN2O/c17-12-7-4-8-13-15(12)19-16(20)14(18-13)10-9-11-5-2-1-3-6-11/h1-8,14,18H,9-10H2,(H,19,20). The molecule has 1 heterocycles. The van der Waals surface area contributed by atoms with Crippen LogP contribution in [0.15, 0.2) is 48.5 Å². The van der Waals surface area contributed by atoms with Gasteiger partial charge in [0, 0.05) is 0 Å². The van der Waals surface area contributed by atoms with E-state index >= 15 is 0 Å². The van der Waals surface area contributed by atoms with Crippen molar-refractivity contribution in [3.8, 4) is 0 Å². The summed E-state index contributed by atoms with van der Waals surface area (Å²) in [4.78, 5) is 12.1. The van der Waals surface area contributed by atoms with E-state index in [-0.39, 0.29) is 11.9 Å². The molecule has 0 bridgehead atoms. The molecule has 0 fully saturated rings. The number of hydrogen-bond acceptors (Lipinski definition) is 2. The topological polar surface area (TPSA) is 41.1 Å². The van der Waals surface area contributed by atoms with E-state index < -0.39 is 0 Å². The molecule has 0 radical (unpaired) electrons. The third-order valence-corrected chi connectivity index (χ3v) is 3.79. The molecule has 0 saturated heterocycles. The van der Waals surface area contributed by atoms with Crippen LogP contribution in [0.3, 0.4) is 0 Å². The van der Waals surface area contributed by atoms with Crippen LogP contribution >= 0.6 is 11.6 Å². The summed E-state index contributed by atoms with van der Waals surface area (Å²) < 4.78 is 0. The van der Waals surface area contributed by atoms with Gasteiger partial charge >= 0.3 is 0 Å². The van der Waals surface area contributed by atoms with E-state index in [0.717, 1.165) is 18.5 Å². The molecule has 1 atom stereocenters. The highest BCUT2D eigenvalue weighted by Gasteiger charge is 2.26. The van der Waals surface area contributed by atoms with Gasteiger partial charge in [0.1, 0.15) is 6.04 Å². The minimum atomic E-state index is -0.221. The highest BCUT2D eigenvalue weighted by atomic mass is 35.5. The summed E-state index contributed by atoms with van der Waals surface area (Å²) in [5.74, 6) is -0.0264. The van der Waals surface area contributed by atoms with Gasteiger partial charge in [-0.3, -0.25) is 4.79 Å². The number of hydrogen-bond donors (Lipinski definition) is 2. The lowest BCUT2D eigenvalue weighted by Crippen LogP contribution is -2.39. The quantitative estimate of drug-likeness (QED) is 0.903. The van der Waals surface area contributed by atoms with Gasteiger partial charge in [-0.05, 0) is 30.5 Å². The zero-order valence-corrected chi connectivity index (χ0v) is 11.7. The van der Waals surface area contributed by atoms with Crippen LogP contribution < -0.4 is 10.6 Å². The molecule has 1 aliphatic heterocycles. The Morgan fingerprint density at radius 2 is 1.85 bits per heavy atom. The van der Waals surface area contributed by atoms with Crippen LogP contribution in [0.5, 0.6) is 0 Å². The number of benzene rings is 2. The summed E-state index contributed by atoms with van der Waals surface area (Å²) in [6.07, 6.45) is 1.61. The number of nitrogens with one attached hydrogen (secondary N) is 2. The van der Waals surface area contributed by atoms with Crippen molar-refractivity contribution in [2.45, 2.75) is 18.9 Å². The first kappa shape index (κ1) is 13.0. The van der Waals surface area contributed by atoms with Gasteiger partial charge in [0.05, 0.1) is 16.4 Å². The van der Waals surface area contributed by atoms with Gasteiger partial charge in [0.2, 0.25) is 5.91 Å². The highest BCUT2D eigenvalue weighted by molar-refractivity contribution is 6.34. The van der Waals surface area contributed by atoms with E-state index in [2.05, 4.69) is 22.8 Å². The highest BCUT2D eigenvalue weighted by Crippen LogP contribution is 2.34. The maximum Gasteiger partial charge on any atom is 0.246 e. The van der Waals surface area contributed by atoms with Gasteiger partial charge in [-0.15, -0.1) is 0 Å². The average Bonchev–Trinajstić information content (AvgIpc) is 2.47. The van der Waals surface area contributed by atoms with Crippen LogP contribution in [0.2, 0.25) is 5.02 Å². The number of anilines is 2. The summed E-state index contributed by atoms with van der Waals surface area (Å²) in [6, 6.07) is 15.5. The SMILES string of the molecule is O=C1Nc2c(Cl)cccc2NC1CCc1ccccc1. The van der Waals surface area contributed by atoms with Crippen molar-refractivity contribution in [2.75, 3.05) is 10.6 Å². The van der Waals surface area contributed by atoms with Crippen molar-refractivity contribution in [3.05, 3.63) is 59.1 Å². The fourth-order valence-corrected chi connectivity index (χ4v) is 2.62. The maximum absolute atomic E-state index is 12.1. The lowest BCUT2D eigenvalue weighted by molar-refractivity contribution is -0.117. The molecule has 0 aliphatic carbocycles. The van der Waals surface area contributed by atoms with Crippen LogP contribution in [0, 0.1) is 0 Å². The Morgan fingerprint density at radius 1 is 1.05 bits per heavy atom. The first-order valence-corrected chi connectivity index (χ1v) is 7.01. The van der Waals surface area contributed by atoms with E-state index in [1.54, 1.807) is 6.07 Å². The van der Waals surface area contributed by atoms with Crippen molar-refractivity contribution < 1.29 is 4.79 Å². The first-order valence-electron chi connectivity index (χ1n) is 6.64. The van der Waals surface area contributed by atoms with Crippen LogP contribution in [0.25, 0.3) is 0 Å². The largest absolute Gasteiger partial charge is 0.372 e. The van der Waals surface area contributed by atoms with Crippen molar-refractivity contribution in [1.29, 1.82) is 0 Å². The third-order valence-electron chi connectivity index (χ3n) is 3.47. The Labute approximate surface area is 123 Å². The van der Waals surface area contributed by atoms with Gasteiger partial charge in [0.25, 0.3) is 0 Å². The lowest BCUT2D eigenvalue weighted by Gasteiger charge is -2.27. The second-order valence-electron chi connectivity index (χ2n) is 4.87. The molecule has 0 saturated carbocycles. The van der Waals surface area contributed by atoms with E-state index in [1.165, 1.54) is 5.56 Å². The van der Waals surface area contributed by atoms with Gasteiger partial charge in [-0.1, -0.05) is 48.0 Å². The molecule has 3 rings (SSSR count). The number of aryl methyl sites for hydroxylation is 1. The number of amides is 1. The number of halogens is 1. The smallest absolute Gasteiger partial charge is 0.246 e. The number of rotatable bonds is 3. The van der Waals surface area contributed by atoms with Crippen LogP contribution in [0.4, 0.5) is 11.4 Å². The summed E-state index contributed by atoms with van der Waals surface area (Å²) in [5.41, 5.74) is 2.80. The second kappa shape index (κ2) is 5.55. The molecule has 102 valence electrons. The fraction of sp³-hybridized carbons (Fsp3) is 0.188. The average molecular weight is 287 g/mol. The third kappa shape index (κ3) is 2.63. The number of carbonyl (C=O) groups is 1. The summed E-state index contributed by atoms with van der Waals surface area (Å²) >= 11 is 6.07. The Hall–Kier alpha value is -2.00. The predicted octanol–water partition coefficient (Wildman–Crippen LogP) is 3.71. The van der Waals surface area contributed by atoms with Crippen LogP contribution in [0.1, 0.15) is 12.0 Å². The Balaban J connectivity index is 1.71. The molecule has 1 aliphatic rings. The maximum atomic E-state index is 12.1. The number of fused-ring (bicyclic) bond motifs is 1. The molecule has 1 amide bonds. The lowest BCUT2D eigenvalue weighted by atomic mass is 10.0. The van der Waals surface area contributed by atoms with E-state index in [4.69, 9.17) is 11.6 Å². The van der Waals surface area contributed by atoms with Gasteiger partial charge < -0.3 is 10.6 Å². The van der Waals surface area contributed by atoms with Crippen molar-refractivity contribution >= 4 is 28.9 Å². The van der Waals surface area contributed by atoms with Crippen LogP contribution in [-0.2, 0) is 11.2 Å². The van der Waals surface area contributed by atoms with E-state index in [9.17, 15) is 4.79 Å². The van der Waals surface area contributed by atoms with E-state index in [1.807, 2.05) is 30.3 Å². The van der Waals surface area contributed by atoms with Crippen molar-refractivity contribution in [2.24, 2.45) is 0 Å². The Kier molecular flexibility index (Phi) is 3.61. The molecular weight excluding hydrogens is 272 g/mol. The zero-order chi connectivity index (χ0) is 13.9. The monoisotopic (exact) mass is 286 g/mol. The van der Waals surface area contributed by atoms with Gasteiger partial charge in [0.15, 0.2) is 0 Å². The molecular formula is C16H15ClN2O. The predicted molar refractivity (Wildman–Crippen MR) is 82.3 cm³/mol. The van der Waals surface area contributed by atoms with E-state index in [0.29, 0.717) is 10.7 Å². The molecule has 1 unspecified atom stereocenters. The Morgan fingerprint density at radius 3 is 2.65 bits per heavy atom. The minimum Gasteiger partial charge on any atom is -0.372 e. The normalized spacial score (nSPS) is 17.1. The summed E-state index contributed by atoms with van der Waals surface area (Å²) in [7, 11) is 0. The first-order chi connectivity index (χ1) is 9.74. The molecule has 2 N–H and O–H groups in total. The second-order valence-corrected chi connectivity index (χ2v) is 5.28. The minimum absolute atomic E-state index is 0.0264. The van der Waals surface area contributed by atoms with Gasteiger partial charge in [-0.2, -0.15) is 0 Å². The number of para-hydroxylation sites is 1.